The Morgan fingerprint density at radius 1 is 1.10 bits per heavy atom. The second-order valence-corrected chi connectivity index (χ2v) is 7.37. The van der Waals surface area contributed by atoms with E-state index in [0.717, 1.165) is 22.3 Å². The van der Waals surface area contributed by atoms with Gasteiger partial charge in [-0.2, -0.15) is 0 Å². The van der Waals surface area contributed by atoms with E-state index in [1.54, 1.807) is 0 Å². The van der Waals surface area contributed by atoms with Crippen LogP contribution in [0, 0.1) is 0 Å². The predicted molar refractivity (Wildman–Crippen MR) is 97.7 cm³/mol. The zero-order chi connectivity index (χ0) is 15.2. The van der Waals surface area contributed by atoms with E-state index in [0.29, 0.717) is 10.0 Å². The van der Waals surface area contributed by atoms with Crippen molar-refractivity contribution in [3.63, 3.8) is 0 Å². The predicted octanol–water partition coefficient (Wildman–Crippen LogP) is 6.20. The van der Waals surface area contributed by atoms with Gasteiger partial charge in [0, 0.05) is 21.2 Å². The van der Waals surface area contributed by atoms with E-state index in [4.69, 9.17) is 23.2 Å². The molecule has 1 unspecified atom stereocenters. The Hall–Kier alpha value is -0.190. The summed E-state index contributed by atoms with van der Waals surface area (Å²) in [7, 11) is 0. The first-order chi connectivity index (χ1) is 10.1. The Bertz CT molecular complexity index is 589. The highest BCUT2D eigenvalue weighted by molar-refractivity contribution is 9.10. The summed E-state index contributed by atoms with van der Waals surface area (Å²) in [6.45, 7) is 3.01. The van der Waals surface area contributed by atoms with Crippen LogP contribution in [0.5, 0.6) is 0 Å². The van der Waals surface area contributed by atoms with Gasteiger partial charge >= 0.3 is 0 Å². The number of rotatable bonds is 6. The molecule has 1 nitrogen and oxygen atoms in total. The van der Waals surface area contributed by atoms with Crippen molar-refractivity contribution in [1.82, 2.24) is 5.32 Å². The molecule has 112 valence electrons. The number of halogens is 3. The SMILES string of the molecule is CCNC(CSc1ccc(Br)cc1)c1ccc(Cl)c(Cl)c1. The molecule has 0 aliphatic rings. The molecule has 0 amide bonds. The molecule has 0 aliphatic heterocycles. The van der Waals surface area contributed by atoms with Gasteiger partial charge in [0.05, 0.1) is 10.0 Å². The molecule has 21 heavy (non-hydrogen) atoms. The number of nitrogens with one attached hydrogen (secondary N) is 1. The van der Waals surface area contributed by atoms with Crippen LogP contribution in [0.15, 0.2) is 51.8 Å². The summed E-state index contributed by atoms with van der Waals surface area (Å²) >= 11 is 17.4. The molecule has 2 rings (SSSR count). The van der Waals surface area contributed by atoms with Gasteiger partial charge in [-0.15, -0.1) is 11.8 Å². The molecule has 1 atom stereocenters. The first-order valence-corrected chi connectivity index (χ1v) is 9.20. The summed E-state index contributed by atoms with van der Waals surface area (Å²) in [6, 6.07) is 14.4. The molecular formula is C16H16BrCl2NS. The molecule has 0 saturated carbocycles. The Kier molecular flexibility index (Phi) is 6.90. The number of benzene rings is 2. The Balaban J connectivity index is 2.07. The maximum absolute atomic E-state index is 6.12. The van der Waals surface area contributed by atoms with E-state index in [2.05, 4.69) is 52.4 Å². The Morgan fingerprint density at radius 3 is 2.43 bits per heavy atom. The molecule has 5 heteroatoms. The van der Waals surface area contributed by atoms with Gasteiger partial charge in [0.2, 0.25) is 0 Å². The van der Waals surface area contributed by atoms with Crippen molar-refractivity contribution in [2.45, 2.75) is 17.9 Å². The lowest BCUT2D eigenvalue weighted by Gasteiger charge is -2.18. The molecule has 1 N–H and O–H groups in total. The highest BCUT2D eigenvalue weighted by Crippen LogP contribution is 2.29. The van der Waals surface area contributed by atoms with E-state index < -0.39 is 0 Å². The first kappa shape index (κ1) is 17.2. The van der Waals surface area contributed by atoms with Gasteiger partial charge in [0.25, 0.3) is 0 Å². The molecule has 0 fully saturated rings. The lowest BCUT2D eigenvalue weighted by atomic mass is 10.1. The summed E-state index contributed by atoms with van der Waals surface area (Å²) in [6.07, 6.45) is 0. The highest BCUT2D eigenvalue weighted by atomic mass is 79.9. The molecular weight excluding hydrogens is 389 g/mol. The fourth-order valence-corrected chi connectivity index (χ4v) is 3.53. The van der Waals surface area contributed by atoms with Crippen molar-refractivity contribution in [3.05, 3.63) is 62.5 Å². The smallest absolute Gasteiger partial charge is 0.0595 e. The average molecular weight is 405 g/mol. The van der Waals surface area contributed by atoms with Crippen LogP contribution in [0.4, 0.5) is 0 Å². The Labute approximate surface area is 148 Å². The molecule has 2 aromatic carbocycles. The lowest BCUT2D eigenvalue weighted by Crippen LogP contribution is -2.22. The van der Waals surface area contributed by atoms with Crippen molar-refractivity contribution < 1.29 is 0 Å². The van der Waals surface area contributed by atoms with Crippen molar-refractivity contribution in [2.75, 3.05) is 12.3 Å². The quantitative estimate of drug-likeness (QED) is 0.575. The minimum Gasteiger partial charge on any atom is -0.309 e. The van der Waals surface area contributed by atoms with Crippen molar-refractivity contribution in [1.29, 1.82) is 0 Å². The van der Waals surface area contributed by atoms with E-state index in [1.165, 1.54) is 4.90 Å². The standard InChI is InChI=1S/C16H16BrCl2NS/c1-2-20-16(11-3-8-14(18)15(19)9-11)10-21-13-6-4-12(17)5-7-13/h3-9,16,20H,2,10H2,1H3. The maximum atomic E-state index is 6.12. The van der Waals surface area contributed by atoms with E-state index in [9.17, 15) is 0 Å². The van der Waals surface area contributed by atoms with Crippen LogP contribution in [0.1, 0.15) is 18.5 Å². The van der Waals surface area contributed by atoms with Gasteiger partial charge in [-0.3, -0.25) is 0 Å². The van der Waals surface area contributed by atoms with Gasteiger partial charge in [0.15, 0.2) is 0 Å². The van der Waals surface area contributed by atoms with Crippen LogP contribution >= 0.6 is 50.9 Å². The monoisotopic (exact) mass is 403 g/mol. The third-order valence-electron chi connectivity index (χ3n) is 3.03. The molecule has 0 aliphatic carbocycles. The van der Waals surface area contributed by atoms with Gasteiger partial charge in [-0.1, -0.05) is 52.1 Å². The summed E-state index contributed by atoms with van der Waals surface area (Å²) in [5.74, 6) is 0.938. The van der Waals surface area contributed by atoms with Crippen molar-refractivity contribution in [3.8, 4) is 0 Å². The van der Waals surface area contributed by atoms with Crippen LogP contribution < -0.4 is 5.32 Å². The topological polar surface area (TPSA) is 12.0 Å². The van der Waals surface area contributed by atoms with E-state index in [-0.39, 0.29) is 6.04 Å². The van der Waals surface area contributed by atoms with Gasteiger partial charge in [-0.05, 0) is 48.5 Å². The lowest BCUT2D eigenvalue weighted by molar-refractivity contribution is 0.606. The third-order valence-corrected chi connectivity index (χ3v) is 5.40. The second-order valence-electron chi connectivity index (χ2n) is 4.55. The summed E-state index contributed by atoms with van der Waals surface area (Å²) < 4.78 is 1.10. The van der Waals surface area contributed by atoms with Crippen LogP contribution in [0.25, 0.3) is 0 Å². The van der Waals surface area contributed by atoms with Crippen LogP contribution in [0.2, 0.25) is 10.0 Å². The fraction of sp³-hybridized carbons (Fsp3) is 0.250. The summed E-state index contributed by atoms with van der Waals surface area (Å²) in [5.41, 5.74) is 1.16. The van der Waals surface area contributed by atoms with Crippen LogP contribution in [-0.2, 0) is 0 Å². The van der Waals surface area contributed by atoms with Crippen LogP contribution in [0.3, 0.4) is 0 Å². The molecule has 2 aromatic rings. The largest absolute Gasteiger partial charge is 0.309 e. The molecule has 0 aromatic heterocycles. The van der Waals surface area contributed by atoms with Crippen LogP contribution in [-0.4, -0.2) is 12.3 Å². The van der Waals surface area contributed by atoms with Gasteiger partial charge in [-0.25, -0.2) is 0 Å². The second kappa shape index (κ2) is 8.44. The molecule has 0 bridgehead atoms. The van der Waals surface area contributed by atoms with Crippen molar-refractivity contribution in [2.24, 2.45) is 0 Å². The molecule has 0 radical (unpaired) electrons. The van der Waals surface area contributed by atoms with E-state index >= 15 is 0 Å². The maximum Gasteiger partial charge on any atom is 0.0595 e. The number of thioether (sulfide) groups is 1. The van der Waals surface area contributed by atoms with Gasteiger partial charge < -0.3 is 5.32 Å². The normalized spacial score (nSPS) is 12.4. The molecule has 0 spiro atoms. The number of hydrogen-bond donors (Lipinski definition) is 1. The fourth-order valence-electron chi connectivity index (χ4n) is 1.96. The zero-order valence-corrected chi connectivity index (χ0v) is 15.5. The summed E-state index contributed by atoms with van der Waals surface area (Å²) in [4.78, 5) is 1.25. The third kappa shape index (κ3) is 5.19. The minimum absolute atomic E-state index is 0.249. The molecule has 0 heterocycles. The van der Waals surface area contributed by atoms with E-state index in [1.807, 2.05) is 30.0 Å². The Morgan fingerprint density at radius 2 is 1.81 bits per heavy atom. The van der Waals surface area contributed by atoms with Gasteiger partial charge in [0.1, 0.15) is 0 Å². The van der Waals surface area contributed by atoms with Crippen molar-refractivity contribution >= 4 is 50.9 Å². The number of hydrogen-bond acceptors (Lipinski definition) is 2. The highest BCUT2D eigenvalue weighted by Gasteiger charge is 2.12. The average Bonchev–Trinajstić information content (AvgIpc) is 2.48. The zero-order valence-electron chi connectivity index (χ0n) is 11.6. The minimum atomic E-state index is 0.249. The summed E-state index contributed by atoms with van der Waals surface area (Å²) in [5, 5.41) is 4.69. The first-order valence-electron chi connectivity index (χ1n) is 6.67. The molecule has 0 saturated heterocycles.